The highest BCUT2D eigenvalue weighted by Crippen LogP contribution is 2.39. The van der Waals surface area contributed by atoms with E-state index in [0.717, 1.165) is 42.6 Å². The first-order valence-electron chi connectivity index (χ1n) is 9.19. The van der Waals surface area contributed by atoms with Crippen molar-refractivity contribution in [3.63, 3.8) is 0 Å². The summed E-state index contributed by atoms with van der Waals surface area (Å²) in [5.74, 6) is -0.591. The molecule has 1 saturated heterocycles. The monoisotopic (exact) mass is 380 g/mol. The molecule has 2 heterocycles. The predicted octanol–water partition coefficient (Wildman–Crippen LogP) is 4.34. The van der Waals surface area contributed by atoms with Crippen LogP contribution in [0.5, 0.6) is 0 Å². The topological polar surface area (TPSA) is 40.6 Å². The molecule has 1 fully saturated rings. The van der Waals surface area contributed by atoms with E-state index in [9.17, 15) is 9.59 Å². The van der Waals surface area contributed by atoms with Crippen LogP contribution in [0.15, 0.2) is 48.2 Å². The third-order valence-electron chi connectivity index (χ3n) is 5.23. The normalized spacial score (nSPS) is 17.4. The van der Waals surface area contributed by atoms with Gasteiger partial charge < -0.3 is 4.90 Å². The summed E-state index contributed by atoms with van der Waals surface area (Å²) in [6.07, 6.45) is 2.05. The van der Waals surface area contributed by atoms with Crippen LogP contribution in [0.25, 0.3) is 5.57 Å². The molecule has 2 aliphatic heterocycles. The number of anilines is 1. The van der Waals surface area contributed by atoms with Crippen LogP contribution in [0.3, 0.4) is 0 Å². The van der Waals surface area contributed by atoms with Gasteiger partial charge in [-0.3, -0.25) is 9.59 Å². The maximum absolute atomic E-state index is 13.4. The molecule has 4 rings (SSSR count). The average molecular weight is 381 g/mol. The summed E-state index contributed by atoms with van der Waals surface area (Å²) in [5, 5.41) is 0.391. The lowest BCUT2D eigenvalue weighted by molar-refractivity contribution is -0.120. The van der Waals surface area contributed by atoms with E-state index >= 15 is 0 Å². The van der Waals surface area contributed by atoms with E-state index in [0.29, 0.717) is 22.0 Å². The second-order valence-corrected chi connectivity index (χ2v) is 7.54. The van der Waals surface area contributed by atoms with Gasteiger partial charge in [-0.25, -0.2) is 4.90 Å². The maximum Gasteiger partial charge on any atom is 0.282 e. The molecule has 138 valence electrons. The van der Waals surface area contributed by atoms with E-state index in [4.69, 9.17) is 11.6 Å². The number of halogens is 1. The van der Waals surface area contributed by atoms with E-state index in [1.54, 1.807) is 24.3 Å². The molecule has 0 saturated carbocycles. The molecule has 0 bridgehead atoms. The third-order valence-corrected chi connectivity index (χ3v) is 5.55. The maximum atomic E-state index is 13.4. The van der Waals surface area contributed by atoms with Gasteiger partial charge in [-0.1, -0.05) is 47.5 Å². The Morgan fingerprint density at radius 1 is 0.926 bits per heavy atom. The largest absolute Gasteiger partial charge is 0.366 e. The number of rotatable bonds is 3. The van der Waals surface area contributed by atoms with Crippen molar-refractivity contribution in [1.82, 2.24) is 4.90 Å². The molecule has 0 unspecified atom stereocenters. The van der Waals surface area contributed by atoms with E-state index in [1.807, 2.05) is 36.9 Å². The number of hydrogen-bond acceptors (Lipinski definition) is 3. The zero-order valence-corrected chi connectivity index (χ0v) is 16.2. The van der Waals surface area contributed by atoms with Crippen molar-refractivity contribution in [3.05, 3.63) is 69.9 Å². The van der Waals surface area contributed by atoms with Crippen LogP contribution in [0, 0.1) is 13.8 Å². The smallest absolute Gasteiger partial charge is 0.282 e. The summed E-state index contributed by atoms with van der Waals surface area (Å²) in [7, 11) is 0. The third kappa shape index (κ3) is 2.94. The van der Waals surface area contributed by atoms with Gasteiger partial charge in [0.25, 0.3) is 11.8 Å². The van der Waals surface area contributed by atoms with Gasteiger partial charge in [-0.2, -0.15) is 0 Å². The number of imide groups is 1. The molecular formula is C22H21ClN2O2. The molecule has 2 aromatic rings. The number of nitrogens with zero attached hydrogens (tertiary/aromatic N) is 2. The number of likely N-dealkylation sites (tertiary alicyclic amines) is 1. The summed E-state index contributed by atoms with van der Waals surface area (Å²) in [6, 6.07) is 12.9. The van der Waals surface area contributed by atoms with Crippen molar-refractivity contribution in [2.45, 2.75) is 26.7 Å². The number of hydrogen-bond donors (Lipinski definition) is 0. The lowest BCUT2D eigenvalue weighted by atomic mass is 9.97. The van der Waals surface area contributed by atoms with Gasteiger partial charge in [0.2, 0.25) is 0 Å². The minimum absolute atomic E-state index is 0.287. The van der Waals surface area contributed by atoms with Gasteiger partial charge in [-0.05, 0) is 49.9 Å². The molecule has 2 amide bonds. The second-order valence-electron chi connectivity index (χ2n) is 7.13. The van der Waals surface area contributed by atoms with Crippen LogP contribution < -0.4 is 4.90 Å². The van der Waals surface area contributed by atoms with Crippen LogP contribution >= 0.6 is 11.6 Å². The first kappa shape index (κ1) is 17.8. The van der Waals surface area contributed by atoms with Crippen LogP contribution in [-0.2, 0) is 9.59 Å². The minimum atomic E-state index is -0.304. The average Bonchev–Trinajstić information content (AvgIpc) is 3.23. The van der Waals surface area contributed by atoms with E-state index < -0.39 is 0 Å². The molecule has 2 aliphatic rings. The fourth-order valence-corrected chi connectivity index (χ4v) is 4.16. The van der Waals surface area contributed by atoms with Crippen molar-refractivity contribution < 1.29 is 9.59 Å². The van der Waals surface area contributed by atoms with Crippen molar-refractivity contribution >= 4 is 34.7 Å². The van der Waals surface area contributed by atoms with Gasteiger partial charge in [0, 0.05) is 13.1 Å². The highest BCUT2D eigenvalue weighted by Gasteiger charge is 2.43. The Morgan fingerprint density at radius 3 is 2.30 bits per heavy atom. The minimum Gasteiger partial charge on any atom is -0.366 e. The SMILES string of the molecule is Cc1ccc(C2=C(N3CCCC3)C(=O)N(c3ccccc3Cl)C2=O)c(C)c1. The molecule has 0 radical (unpaired) electrons. The van der Waals surface area contributed by atoms with Crippen molar-refractivity contribution in [2.24, 2.45) is 0 Å². The van der Waals surface area contributed by atoms with E-state index in [2.05, 4.69) is 0 Å². The number of para-hydroxylation sites is 1. The van der Waals surface area contributed by atoms with Gasteiger partial charge in [0.05, 0.1) is 16.3 Å². The summed E-state index contributed by atoms with van der Waals surface area (Å²) in [4.78, 5) is 30.1. The van der Waals surface area contributed by atoms with Crippen LogP contribution in [0.1, 0.15) is 29.5 Å². The molecule has 0 aromatic heterocycles. The Kier molecular flexibility index (Phi) is 4.52. The van der Waals surface area contributed by atoms with Crippen LogP contribution in [0.2, 0.25) is 5.02 Å². The van der Waals surface area contributed by atoms with Gasteiger partial charge in [-0.15, -0.1) is 0 Å². The van der Waals surface area contributed by atoms with Gasteiger partial charge in [0.15, 0.2) is 0 Å². The molecule has 0 spiro atoms. The second kappa shape index (κ2) is 6.86. The number of carbonyl (C=O) groups excluding carboxylic acids is 2. The quantitative estimate of drug-likeness (QED) is 0.744. The first-order valence-corrected chi connectivity index (χ1v) is 9.57. The zero-order valence-electron chi connectivity index (χ0n) is 15.5. The number of carbonyl (C=O) groups is 2. The Hall–Kier alpha value is -2.59. The van der Waals surface area contributed by atoms with Crippen molar-refractivity contribution in [2.75, 3.05) is 18.0 Å². The Morgan fingerprint density at radius 2 is 1.63 bits per heavy atom. The highest BCUT2D eigenvalue weighted by molar-refractivity contribution is 6.47. The molecule has 4 nitrogen and oxygen atoms in total. The Bertz CT molecular complexity index is 974. The molecule has 0 N–H and O–H groups in total. The summed E-state index contributed by atoms with van der Waals surface area (Å²) < 4.78 is 0. The summed E-state index contributed by atoms with van der Waals surface area (Å²) in [6.45, 7) is 5.58. The summed E-state index contributed by atoms with van der Waals surface area (Å²) >= 11 is 6.31. The standard InChI is InChI=1S/C22H21ClN2O2/c1-14-9-10-16(15(2)13-14)19-20(24-11-5-6-12-24)22(27)25(21(19)26)18-8-4-3-7-17(18)23/h3-4,7-10,13H,5-6,11-12H2,1-2H3. The molecule has 0 aliphatic carbocycles. The summed E-state index contributed by atoms with van der Waals surface area (Å²) in [5.41, 5.74) is 4.35. The Balaban J connectivity index is 1.89. The fourth-order valence-electron chi connectivity index (χ4n) is 3.94. The van der Waals surface area contributed by atoms with Crippen molar-refractivity contribution in [3.8, 4) is 0 Å². The number of aryl methyl sites for hydroxylation is 2. The van der Waals surface area contributed by atoms with E-state index in [1.165, 1.54) is 4.90 Å². The lowest BCUT2D eigenvalue weighted by Crippen LogP contribution is -2.34. The Labute approximate surface area is 164 Å². The number of amides is 2. The van der Waals surface area contributed by atoms with Gasteiger partial charge >= 0.3 is 0 Å². The first-order chi connectivity index (χ1) is 13.0. The lowest BCUT2D eigenvalue weighted by Gasteiger charge is -2.20. The highest BCUT2D eigenvalue weighted by atomic mass is 35.5. The molecule has 5 heteroatoms. The molecule has 27 heavy (non-hydrogen) atoms. The van der Waals surface area contributed by atoms with E-state index in [-0.39, 0.29) is 11.8 Å². The predicted molar refractivity (Wildman–Crippen MR) is 108 cm³/mol. The van der Waals surface area contributed by atoms with Crippen molar-refractivity contribution in [1.29, 1.82) is 0 Å². The zero-order chi connectivity index (χ0) is 19.1. The molecule has 0 atom stereocenters. The van der Waals surface area contributed by atoms with Gasteiger partial charge in [0.1, 0.15) is 5.70 Å². The fraction of sp³-hybridized carbons (Fsp3) is 0.273. The number of benzene rings is 2. The van der Waals surface area contributed by atoms with Crippen LogP contribution in [-0.4, -0.2) is 29.8 Å². The molecular weight excluding hydrogens is 360 g/mol. The molecule has 2 aromatic carbocycles. The van der Waals surface area contributed by atoms with Crippen LogP contribution in [0.4, 0.5) is 5.69 Å².